The predicted octanol–water partition coefficient (Wildman–Crippen LogP) is 5.88. The number of benzene rings is 4. The first-order chi connectivity index (χ1) is 20.5. The number of amides is 1. The fourth-order valence-corrected chi connectivity index (χ4v) is 7.32. The van der Waals surface area contributed by atoms with Crippen LogP contribution in [-0.2, 0) is 21.4 Å². The maximum atomic E-state index is 13.5. The molecule has 2 aliphatic heterocycles. The first-order valence-corrected chi connectivity index (χ1v) is 16.3. The van der Waals surface area contributed by atoms with Crippen LogP contribution in [0.1, 0.15) is 60.9 Å². The third-order valence-electron chi connectivity index (χ3n) is 8.25. The molecule has 4 aromatic rings. The van der Waals surface area contributed by atoms with Gasteiger partial charge in [0.25, 0.3) is 0 Å². The summed E-state index contributed by atoms with van der Waals surface area (Å²) in [6, 6.07) is 27.2. The van der Waals surface area contributed by atoms with Crippen molar-refractivity contribution < 1.29 is 17.9 Å². The number of carbonyl (C=O) groups excluding carboxylic acids is 1. The van der Waals surface area contributed by atoms with E-state index in [0.717, 1.165) is 52.8 Å². The molecule has 1 amide bonds. The van der Waals surface area contributed by atoms with E-state index in [1.54, 1.807) is 18.2 Å². The van der Waals surface area contributed by atoms with Crippen molar-refractivity contribution in [1.82, 2.24) is 14.9 Å². The van der Waals surface area contributed by atoms with E-state index >= 15 is 0 Å². The van der Waals surface area contributed by atoms with Gasteiger partial charge in [-0.2, -0.15) is 0 Å². The summed E-state index contributed by atoms with van der Waals surface area (Å²) in [5.74, 6) is 0.653. The normalized spacial score (nSPS) is 18.1. The highest BCUT2D eigenvalue weighted by Gasteiger charge is 2.29. The Hall–Kier alpha value is -3.72. The molecule has 2 atom stereocenters. The Morgan fingerprint density at radius 2 is 1.64 bits per heavy atom. The summed E-state index contributed by atoms with van der Waals surface area (Å²) < 4.78 is 36.0. The molecule has 6 rings (SSSR count). The summed E-state index contributed by atoms with van der Waals surface area (Å²) in [6.45, 7) is 3.56. The Kier molecular flexibility index (Phi) is 8.55. The van der Waals surface area contributed by atoms with E-state index in [-0.39, 0.29) is 23.3 Å². The van der Waals surface area contributed by atoms with Gasteiger partial charge in [0, 0.05) is 30.5 Å². The van der Waals surface area contributed by atoms with Crippen LogP contribution in [-0.4, -0.2) is 38.9 Å². The van der Waals surface area contributed by atoms with Gasteiger partial charge in [-0.3, -0.25) is 9.69 Å². The Balaban J connectivity index is 1.19. The zero-order valence-corrected chi connectivity index (χ0v) is 24.5. The van der Waals surface area contributed by atoms with Crippen molar-refractivity contribution in [2.45, 2.75) is 55.6 Å². The zero-order valence-electron chi connectivity index (χ0n) is 23.7. The Morgan fingerprint density at radius 1 is 0.881 bits per heavy atom. The largest absolute Gasteiger partial charge is 0.493 e. The number of likely N-dealkylation sites (tertiary alicyclic amines) is 1. The number of piperidine rings is 1. The van der Waals surface area contributed by atoms with E-state index in [1.807, 2.05) is 66.7 Å². The molecular formula is C34H37N3O4S. The van der Waals surface area contributed by atoms with Crippen LogP contribution in [0.4, 0.5) is 0 Å². The molecule has 0 saturated carbocycles. The molecule has 2 aliphatic rings. The molecule has 0 spiro atoms. The summed E-state index contributed by atoms with van der Waals surface area (Å²) in [5, 5.41) is 4.99. The minimum Gasteiger partial charge on any atom is -0.493 e. The number of para-hydroxylation sites is 1. The van der Waals surface area contributed by atoms with Gasteiger partial charge in [0.2, 0.25) is 15.9 Å². The van der Waals surface area contributed by atoms with Crippen LogP contribution in [0, 0.1) is 0 Å². The van der Waals surface area contributed by atoms with Gasteiger partial charge in [0.1, 0.15) is 5.75 Å². The van der Waals surface area contributed by atoms with E-state index in [1.165, 1.54) is 19.3 Å². The SMILES string of the molecule is O=C(CC(NS(=O)(=O)c1ccc2ccccc2c1)c1ccccc1)NC1CCOc2c(CN3CCCCC3)cccc21. The molecule has 0 aliphatic carbocycles. The highest BCUT2D eigenvalue weighted by atomic mass is 32.2. The molecule has 1 fully saturated rings. The Labute approximate surface area is 247 Å². The van der Waals surface area contributed by atoms with Gasteiger partial charge in [-0.15, -0.1) is 0 Å². The molecule has 1 saturated heterocycles. The lowest BCUT2D eigenvalue weighted by molar-refractivity contribution is -0.122. The van der Waals surface area contributed by atoms with Gasteiger partial charge in [0.15, 0.2) is 0 Å². The zero-order chi connectivity index (χ0) is 28.9. The van der Waals surface area contributed by atoms with E-state index < -0.39 is 16.1 Å². The first-order valence-electron chi connectivity index (χ1n) is 14.8. The first kappa shape index (κ1) is 28.4. The van der Waals surface area contributed by atoms with Crippen molar-refractivity contribution in [1.29, 1.82) is 0 Å². The Bertz CT molecular complexity index is 1650. The van der Waals surface area contributed by atoms with Crippen molar-refractivity contribution in [3.05, 3.63) is 108 Å². The van der Waals surface area contributed by atoms with Crippen LogP contribution < -0.4 is 14.8 Å². The highest BCUT2D eigenvalue weighted by Crippen LogP contribution is 2.36. The molecule has 0 aromatic heterocycles. The lowest BCUT2D eigenvalue weighted by Crippen LogP contribution is -2.37. The molecule has 42 heavy (non-hydrogen) atoms. The van der Waals surface area contributed by atoms with Crippen LogP contribution >= 0.6 is 0 Å². The fourth-order valence-electron chi connectivity index (χ4n) is 6.06. The van der Waals surface area contributed by atoms with Crippen molar-refractivity contribution in [2.24, 2.45) is 0 Å². The lowest BCUT2D eigenvalue weighted by Gasteiger charge is -2.31. The molecule has 0 radical (unpaired) electrons. The third kappa shape index (κ3) is 6.51. The van der Waals surface area contributed by atoms with Gasteiger partial charge in [-0.1, -0.05) is 85.3 Å². The fraction of sp³-hybridized carbons (Fsp3) is 0.324. The van der Waals surface area contributed by atoms with Crippen molar-refractivity contribution in [3.8, 4) is 5.75 Å². The number of nitrogens with one attached hydrogen (secondary N) is 2. The van der Waals surface area contributed by atoms with Crippen LogP contribution in [0.15, 0.2) is 95.9 Å². The van der Waals surface area contributed by atoms with E-state index in [0.29, 0.717) is 13.0 Å². The van der Waals surface area contributed by atoms with Gasteiger partial charge in [0.05, 0.1) is 23.6 Å². The molecule has 8 heteroatoms. The van der Waals surface area contributed by atoms with E-state index in [2.05, 4.69) is 21.0 Å². The predicted molar refractivity (Wildman–Crippen MR) is 165 cm³/mol. The number of fused-ring (bicyclic) bond motifs is 2. The monoisotopic (exact) mass is 583 g/mol. The van der Waals surface area contributed by atoms with Gasteiger partial charge in [-0.05, 0) is 54.4 Å². The molecule has 4 aromatic carbocycles. The van der Waals surface area contributed by atoms with Crippen LogP contribution in [0.3, 0.4) is 0 Å². The number of sulfonamides is 1. The van der Waals surface area contributed by atoms with Crippen LogP contribution in [0.2, 0.25) is 0 Å². The average molecular weight is 584 g/mol. The maximum Gasteiger partial charge on any atom is 0.241 e. The van der Waals surface area contributed by atoms with Crippen LogP contribution in [0.5, 0.6) is 5.75 Å². The van der Waals surface area contributed by atoms with Gasteiger partial charge >= 0.3 is 0 Å². The molecule has 2 N–H and O–H groups in total. The minimum atomic E-state index is -3.90. The molecule has 218 valence electrons. The summed E-state index contributed by atoms with van der Waals surface area (Å²) in [7, 11) is -3.90. The van der Waals surface area contributed by atoms with E-state index in [9.17, 15) is 13.2 Å². The van der Waals surface area contributed by atoms with Crippen LogP contribution in [0.25, 0.3) is 10.8 Å². The average Bonchev–Trinajstić information content (AvgIpc) is 3.02. The summed E-state index contributed by atoms with van der Waals surface area (Å²) in [4.78, 5) is 16.1. The second kappa shape index (κ2) is 12.7. The summed E-state index contributed by atoms with van der Waals surface area (Å²) in [6.07, 6.45) is 4.36. The molecule has 0 bridgehead atoms. The second-order valence-corrected chi connectivity index (χ2v) is 12.9. The van der Waals surface area contributed by atoms with Gasteiger partial charge in [-0.25, -0.2) is 13.1 Å². The highest BCUT2D eigenvalue weighted by molar-refractivity contribution is 7.89. The minimum absolute atomic E-state index is 0.0308. The van der Waals surface area contributed by atoms with Crippen molar-refractivity contribution in [2.75, 3.05) is 19.7 Å². The third-order valence-corrected chi connectivity index (χ3v) is 9.72. The quantitative estimate of drug-likeness (QED) is 0.257. The number of ether oxygens (including phenoxy) is 1. The number of carbonyl (C=O) groups is 1. The molecule has 2 unspecified atom stereocenters. The number of hydrogen-bond donors (Lipinski definition) is 2. The van der Waals surface area contributed by atoms with Crippen molar-refractivity contribution in [3.63, 3.8) is 0 Å². The van der Waals surface area contributed by atoms with E-state index in [4.69, 9.17) is 4.74 Å². The topological polar surface area (TPSA) is 87.7 Å². The van der Waals surface area contributed by atoms with Gasteiger partial charge < -0.3 is 10.1 Å². The standard InChI is InChI=1S/C34H37N3O4S/c38-33(35-31-18-21-41-34-28(14-9-15-30(31)34)24-37-19-7-2-8-20-37)23-32(26-11-3-1-4-12-26)36-42(39,40)29-17-16-25-10-5-6-13-27(25)22-29/h1,3-6,9-17,22,31-32,36H,2,7-8,18-21,23-24H2,(H,35,38). The number of nitrogens with zero attached hydrogens (tertiary/aromatic N) is 1. The number of hydrogen-bond acceptors (Lipinski definition) is 5. The molecule has 7 nitrogen and oxygen atoms in total. The Morgan fingerprint density at radius 3 is 2.45 bits per heavy atom. The van der Waals surface area contributed by atoms with Crippen molar-refractivity contribution >= 4 is 26.7 Å². The number of rotatable bonds is 9. The molecular weight excluding hydrogens is 546 g/mol. The second-order valence-electron chi connectivity index (χ2n) is 11.2. The lowest BCUT2D eigenvalue weighted by atomic mass is 9.96. The summed E-state index contributed by atoms with van der Waals surface area (Å²) in [5.41, 5.74) is 2.86. The maximum absolute atomic E-state index is 13.5. The molecule has 2 heterocycles. The summed E-state index contributed by atoms with van der Waals surface area (Å²) >= 11 is 0. The smallest absolute Gasteiger partial charge is 0.241 e.